The molecular weight excluding hydrogens is 302 g/mol. The number of anilines is 1. The van der Waals surface area contributed by atoms with Gasteiger partial charge in [0.1, 0.15) is 0 Å². The van der Waals surface area contributed by atoms with Crippen LogP contribution >= 0.6 is 0 Å². The third kappa shape index (κ3) is 5.39. The molecule has 0 aliphatic rings. The van der Waals surface area contributed by atoms with Gasteiger partial charge in [-0.3, -0.25) is 4.79 Å². The molecule has 0 unspecified atom stereocenters. The summed E-state index contributed by atoms with van der Waals surface area (Å²) >= 11 is 0. The van der Waals surface area contributed by atoms with Crippen LogP contribution in [-0.4, -0.2) is 18.5 Å². The van der Waals surface area contributed by atoms with Crippen LogP contribution in [0.25, 0.3) is 6.08 Å². The summed E-state index contributed by atoms with van der Waals surface area (Å²) in [5, 5.41) is 2.76. The standard InChI is InChI=1S/C20H21NO3/c1-3-17-9-4-5-10-18(17)21-19(22)14-24-20(23)12-11-16-8-6-7-15(2)13-16/h4-13H,3,14H2,1-2H3,(H,21,22)/b12-11+. The number of rotatable bonds is 6. The van der Waals surface area contributed by atoms with Crippen LogP contribution in [0.5, 0.6) is 0 Å². The van der Waals surface area contributed by atoms with Gasteiger partial charge in [0.25, 0.3) is 5.91 Å². The van der Waals surface area contributed by atoms with Crippen molar-refractivity contribution in [1.29, 1.82) is 0 Å². The topological polar surface area (TPSA) is 55.4 Å². The molecule has 2 rings (SSSR count). The van der Waals surface area contributed by atoms with Gasteiger partial charge in [-0.1, -0.05) is 55.0 Å². The Kier molecular flexibility index (Phi) is 6.32. The zero-order valence-corrected chi connectivity index (χ0v) is 13.9. The first-order valence-corrected chi connectivity index (χ1v) is 7.87. The lowest BCUT2D eigenvalue weighted by atomic mass is 10.1. The summed E-state index contributed by atoms with van der Waals surface area (Å²) < 4.78 is 4.96. The van der Waals surface area contributed by atoms with Crippen molar-refractivity contribution < 1.29 is 14.3 Å². The molecule has 0 aromatic heterocycles. The van der Waals surface area contributed by atoms with Crippen LogP contribution in [0.15, 0.2) is 54.6 Å². The Morgan fingerprint density at radius 2 is 1.92 bits per heavy atom. The minimum absolute atomic E-state index is 0.310. The highest BCUT2D eigenvalue weighted by Gasteiger charge is 2.07. The van der Waals surface area contributed by atoms with Crippen molar-refractivity contribution in [2.45, 2.75) is 20.3 Å². The number of benzene rings is 2. The molecule has 124 valence electrons. The normalized spacial score (nSPS) is 10.6. The Labute approximate surface area is 142 Å². The fourth-order valence-electron chi connectivity index (χ4n) is 2.26. The van der Waals surface area contributed by atoms with Crippen LogP contribution in [0.1, 0.15) is 23.6 Å². The van der Waals surface area contributed by atoms with Crippen molar-refractivity contribution in [1.82, 2.24) is 0 Å². The molecule has 4 heteroatoms. The lowest BCUT2D eigenvalue weighted by molar-refractivity contribution is -0.142. The first-order chi connectivity index (χ1) is 11.6. The predicted molar refractivity (Wildman–Crippen MR) is 95.6 cm³/mol. The predicted octanol–water partition coefficient (Wildman–Crippen LogP) is 3.75. The number of ether oxygens (including phenoxy) is 1. The number of carbonyl (C=O) groups is 2. The van der Waals surface area contributed by atoms with E-state index in [0.29, 0.717) is 0 Å². The fourth-order valence-corrected chi connectivity index (χ4v) is 2.26. The Hall–Kier alpha value is -2.88. The average molecular weight is 323 g/mol. The number of carbonyl (C=O) groups excluding carboxylic acids is 2. The molecule has 0 saturated heterocycles. The average Bonchev–Trinajstić information content (AvgIpc) is 2.58. The first kappa shape index (κ1) is 17.5. The molecule has 0 saturated carbocycles. The second-order valence-corrected chi connectivity index (χ2v) is 5.41. The van der Waals surface area contributed by atoms with Crippen molar-refractivity contribution in [3.05, 3.63) is 71.3 Å². The fraction of sp³-hybridized carbons (Fsp3) is 0.200. The molecule has 0 bridgehead atoms. The largest absolute Gasteiger partial charge is 0.452 e. The zero-order chi connectivity index (χ0) is 17.4. The number of aryl methyl sites for hydroxylation is 2. The van der Waals surface area contributed by atoms with Gasteiger partial charge in [-0.05, 0) is 36.6 Å². The molecule has 24 heavy (non-hydrogen) atoms. The summed E-state index contributed by atoms with van der Waals surface area (Å²) in [6.45, 7) is 3.68. The summed E-state index contributed by atoms with van der Waals surface area (Å²) in [5.41, 5.74) is 3.81. The Morgan fingerprint density at radius 3 is 2.67 bits per heavy atom. The second kappa shape index (κ2) is 8.67. The van der Waals surface area contributed by atoms with E-state index >= 15 is 0 Å². The van der Waals surface area contributed by atoms with Gasteiger partial charge in [0.15, 0.2) is 6.61 Å². The minimum Gasteiger partial charge on any atom is -0.452 e. The molecule has 1 N–H and O–H groups in total. The Morgan fingerprint density at radius 1 is 1.12 bits per heavy atom. The van der Waals surface area contributed by atoms with Crippen molar-refractivity contribution >= 4 is 23.6 Å². The van der Waals surface area contributed by atoms with E-state index in [9.17, 15) is 9.59 Å². The molecule has 2 aromatic carbocycles. The maximum absolute atomic E-state index is 11.9. The smallest absolute Gasteiger partial charge is 0.331 e. The number of nitrogens with one attached hydrogen (secondary N) is 1. The summed E-state index contributed by atoms with van der Waals surface area (Å²) in [6, 6.07) is 15.3. The van der Waals surface area contributed by atoms with Crippen molar-refractivity contribution in [2.75, 3.05) is 11.9 Å². The quantitative estimate of drug-likeness (QED) is 0.650. The molecule has 0 aliphatic heterocycles. The molecule has 0 spiro atoms. The van der Waals surface area contributed by atoms with Crippen molar-refractivity contribution in [3.8, 4) is 0 Å². The van der Waals surface area contributed by atoms with Crippen molar-refractivity contribution in [3.63, 3.8) is 0 Å². The molecule has 0 heterocycles. The van der Waals surface area contributed by atoms with E-state index < -0.39 is 5.97 Å². The van der Waals surface area contributed by atoms with Gasteiger partial charge in [-0.25, -0.2) is 4.79 Å². The maximum atomic E-state index is 11.9. The number of hydrogen-bond donors (Lipinski definition) is 1. The summed E-state index contributed by atoms with van der Waals surface area (Å²) in [6.07, 6.45) is 3.80. The molecule has 4 nitrogen and oxygen atoms in total. The molecule has 0 fully saturated rings. The van der Waals surface area contributed by atoms with E-state index in [1.807, 2.05) is 62.4 Å². The van der Waals surface area contributed by atoms with Gasteiger partial charge in [-0.2, -0.15) is 0 Å². The highest BCUT2D eigenvalue weighted by atomic mass is 16.5. The maximum Gasteiger partial charge on any atom is 0.331 e. The highest BCUT2D eigenvalue weighted by molar-refractivity contribution is 5.95. The summed E-state index contributed by atoms with van der Waals surface area (Å²) in [7, 11) is 0. The van der Waals surface area contributed by atoms with Crippen LogP contribution in [0, 0.1) is 6.92 Å². The molecule has 0 aliphatic carbocycles. The van der Waals surface area contributed by atoms with E-state index in [0.717, 1.165) is 28.8 Å². The van der Waals surface area contributed by atoms with E-state index in [1.165, 1.54) is 6.08 Å². The molecule has 2 aromatic rings. The summed E-state index contributed by atoms with van der Waals surface area (Å²) in [5.74, 6) is -0.899. The molecular formula is C20H21NO3. The number of para-hydroxylation sites is 1. The van der Waals surface area contributed by atoms with Gasteiger partial charge >= 0.3 is 5.97 Å². The SMILES string of the molecule is CCc1ccccc1NC(=O)COC(=O)/C=C/c1cccc(C)c1. The highest BCUT2D eigenvalue weighted by Crippen LogP contribution is 2.15. The van der Waals surface area contributed by atoms with Crippen molar-refractivity contribution in [2.24, 2.45) is 0 Å². The molecule has 0 radical (unpaired) electrons. The monoisotopic (exact) mass is 323 g/mol. The lowest BCUT2D eigenvalue weighted by Gasteiger charge is -2.09. The van der Waals surface area contributed by atoms with Gasteiger partial charge in [0.2, 0.25) is 0 Å². The van der Waals surface area contributed by atoms with E-state index in [1.54, 1.807) is 6.08 Å². The first-order valence-electron chi connectivity index (χ1n) is 7.87. The van der Waals surface area contributed by atoms with Gasteiger partial charge in [0.05, 0.1) is 0 Å². The van der Waals surface area contributed by atoms with Gasteiger partial charge in [0, 0.05) is 11.8 Å². The second-order valence-electron chi connectivity index (χ2n) is 5.41. The third-order valence-corrected chi connectivity index (χ3v) is 3.47. The van der Waals surface area contributed by atoms with Crippen LogP contribution in [0.4, 0.5) is 5.69 Å². The Bertz CT molecular complexity index is 750. The lowest BCUT2D eigenvalue weighted by Crippen LogP contribution is -2.20. The Balaban J connectivity index is 1.84. The van der Waals surface area contributed by atoms with Crippen LogP contribution in [0.3, 0.4) is 0 Å². The van der Waals surface area contributed by atoms with Crippen LogP contribution < -0.4 is 5.32 Å². The third-order valence-electron chi connectivity index (χ3n) is 3.47. The zero-order valence-electron chi connectivity index (χ0n) is 13.9. The minimum atomic E-state index is -0.546. The van der Waals surface area contributed by atoms with Crippen LogP contribution in [-0.2, 0) is 20.7 Å². The number of esters is 1. The van der Waals surface area contributed by atoms with E-state index in [2.05, 4.69) is 5.32 Å². The van der Waals surface area contributed by atoms with E-state index in [-0.39, 0.29) is 12.5 Å². The molecule has 1 amide bonds. The van der Waals surface area contributed by atoms with Gasteiger partial charge < -0.3 is 10.1 Å². The molecule has 0 atom stereocenters. The number of amides is 1. The number of hydrogen-bond acceptors (Lipinski definition) is 3. The van der Waals surface area contributed by atoms with Gasteiger partial charge in [-0.15, -0.1) is 0 Å². The van der Waals surface area contributed by atoms with E-state index in [4.69, 9.17) is 4.74 Å². The van der Waals surface area contributed by atoms with Crippen LogP contribution in [0.2, 0.25) is 0 Å². The summed E-state index contributed by atoms with van der Waals surface area (Å²) in [4.78, 5) is 23.6.